The van der Waals surface area contributed by atoms with Crippen molar-refractivity contribution in [3.63, 3.8) is 0 Å². The Morgan fingerprint density at radius 1 is 1.19 bits per heavy atom. The minimum atomic E-state index is -4.51. The zero-order valence-corrected chi connectivity index (χ0v) is 16.9. The second-order valence-electron chi connectivity index (χ2n) is 7.42. The largest absolute Gasteiger partial charge is 0.434 e. The number of carbonyl (C=O) groups is 1. The first-order valence-electron chi connectivity index (χ1n) is 9.67. The van der Waals surface area contributed by atoms with Crippen LogP contribution in [0.5, 0.6) is 0 Å². The molecule has 1 amide bonds. The van der Waals surface area contributed by atoms with Crippen molar-refractivity contribution in [3.05, 3.63) is 58.6 Å². The second-order valence-corrected chi connectivity index (χ2v) is 7.42. The maximum absolute atomic E-state index is 12.7. The van der Waals surface area contributed by atoms with Gasteiger partial charge in [0.05, 0.1) is 42.2 Å². The summed E-state index contributed by atoms with van der Waals surface area (Å²) in [5, 5.41) is 9.35. The molecule has 0 unspecified atom stereocenters. The van der Waals surface area contributed by atoms with E-state index in [4.69, 9.17) is 0 Å². The number of halogens is 3. The molecule has 4 rings (SSSR count). The highest BCUT2D eigenvalue weighted by molar-refractivity contribution is 6.03. The number of alkyl halides is 3. The van der Waals surface area contributed by atoms with Crippen LogP contribution in [0.15, 0.2) is 24.7 Å². The Balaban J connectivity index is 1.54. The van der Waals surface area contributed by atoms with E-state index in [0.29, 0.717) is 23.8 Å². The van der Waals surface area contributed by atoms with Crippen LogP contribution in [0.4, 0.5) is 24.7 Å². The lowest BCUT2D eigenvalue weighted by Gasteiger charge is -2.31. The number of rotatable bonds is 4. The summed E-state index contributed by atoms with van der Waals surface area (Å²) in [5.41, 5.74) is 2.99. The molecule has 11 heteroatoms. The number of carbonyl (C=O) groups excluding carboxylic acids is 1. The number of pyridine rings is 1. The van der Waals surface area contributed by atoms with Gasteiger partial charge >= 0.3 is 6.18 Å². The van der Waals surface area contributed by atoms with E-state index < -0.39 is 11.9 Å². The molecule has 162 valence electrons. The number of H-pyrrole nitrogens is 1. The summed E-state index contributed by atoms with van der Waals surface area (Å²) < 4.78 is 38.1. The minimum Gasteiger partial charge on any atom is -0.364 e. The SMILES string of the molecule is Cc1cc2c(nc1NC(=O)c1[nH]ncc1C)CCCN2Cc1cnc(C(F)(F)F)cn1. The van der Waals surface area contributed by atoms with Crippen LogP contribution in [0.25, 0.3) is 0 Å². The van der Waals surface area contributed by atoms with E-state index >= 15 is 0 Å². The van der Waals surface area contributed by atoms with Crippen LogP contribution in [-0.4, -0.2) is 37.6 Å². The first kappa shape index (κ1) is 20.8. The number of aromatic nitrogens is 5. The highest BCUT2D eigenvalue weighted by atomic mass is 19.4. The molecule has 0 spiro atoms. The fourth-order valence-electron chi connectivity index (χ4n) is 3.47. The summed E-state index contributed by atoms with van der Waals surface area (Å²) in [5.74, 6) is 0.146. The summed E-state index contributed by atoms with van der Waals surface area (Å²) >= 11 is 0. The number of nitrogens with one attached hydrogen (secondary N) is 2. The number of fused-ring (bicyclic) bond motifs is 1. The number of anilines is 2. The average molecular weight is 431 g/mol. The Labute approximate surface area is 175 Å². The Bertz CT molecular complexity index is 1110. The van der Waals surface area contributed by atoms with Gasteiger partial charge in [0.15, 0.2) is 5.69 Å². The Hall–Kier alpha value is -3.50. The van der Waals surface area contributed by atoms with Gasteiger partial charge in [0, 0.05) is 6.54 Å². The highest BCUT2D eigenvalue weighted by Crippen LogP contribution is 2.31. The van der Waals surface area contributed by atoms with E-state index in [-0.39, 0.29) is 5.91 Å². The zero-order valence-electron chi connectivity index (χ0n) is 16.9. The number of hydrogen-bond acceptors (Lipinski definition) is 6. The molecule has 0 aliphatic carbocycles. The maximum Gasteiger partial charge on any atom is 0.434 e. The van der Waals surface area contributed by atoms with E-state index in [1.165, 1.54) is 0 Å². The van der Waals surface area contributed by atoms with Crippen molar-refractivity contribution >= 4 is 17.4 Å². The van der Waals surface area contributed by atoms with Crippen molar-refractivity contribution in [1.82, 2.24) is 25.1 Å². The number of aromatic amines is 1. The van der Waals surface area contributed by atoms with Crippen LogP contribution in [0, 0.1) is 13.8 Å². The van der Waals surface area contributed by atoms with Crippen molar-refractivity contribution in [2.45, 2.75) is 39.4 Å². The quantitative estimate of drug-likeness (QED) is 0.657. The molecule has 0 aromatic carbocycles. The van der Waals surface area contributed by atoms with Crippen LogP contribution < -0.4 is 10.2 Å². The van der Waals surface area contributed by atoms with Gasteiger partial charge in [0.1, 0.15) is 11.5 Å². The van der Waals surface area contributed by atoms with Gasteiger partial charge in [0.25, 0.3) is 5.91 Å². The van der Waals surface area contributed by atoms with Crippen molar-refractivity contribution < 1.29 is 18.0 Å². The molecule has 0 saturated heterocycles. The van der Waals surface area contributed by atoms with Crippen molar-refractivity contribution in [2.75, 3.05) is 16.8 Å². The maximum atomic E-state index is 12.7. The molecule has 4 heterocycles. The molecule has 31 heavy (non-hydrogen) atoms. The Morgan fingerprint density at radius 2 is 2.00 bits per heavy atom. The molecular formula is C20H20F3N7O. The van der Waals surface area contributed by atoms with Crippen LogP contribution in [0.1, 0.15) is 45.1 Å². The molecule has 0 atom stereocenters. The standard InChI is InChI=1S/C20H20F3N7O/c1-11-6-15-14(27-18(11)28-19(31)17-12(2)7-26-29-17)4-3-5-30(15)10-13-8-25-16(9-24-13)20(21,22)23/h6-9H,3-5,10H2,1-2H3,(H,26,29)(H,27,28,31). The van der Waals surface area contributed by atoms with Crippen LogP contribution >= 0.6 is 0 Å². The van der Waals surface area contributed by atoms with Crippen LogP contribution in [-0.2, 0) is 19.1 Å². The third-order valence-electron chi connectivity index (χ3n) is 5.09. The van der Waals surface area contributed by atoms with Gasteiger partial charge in [0.2, 0.25) is 0 Å². The molecule has 0 fully saturated rings. The Kier molecular flexibility index (Phi) is 5.34. The lowest BCUT2D eigenvalue weighted by molar-refractivity contribution is -0.141. The van der Waals surface area contributed by atoms with E-state index in [1.807, 2.05) is 17.9 Å². The lowest BCUT2D eigenvalue weighted by Crippen LogP contribution is -2.30. The lowest BCUT2D eigenvalue weighted by atomic mass is 10.1. The summed E-state index contributed by atoms with van der Waals surface area (Å²) in [6.45, 7) is 4.66. The Morgan fingerprint density at radius 3 is 2.65 bits per heavy atom. The van der Waals surface area contributed by atoms with Crippen molar-refractivity contribution in [2.24, 2.45) is 0 Å². The predicted octanol–water partition coefficient (Wildman–Crippen LogP) is 3.44. The monoisotopic (exact) mass is 431 g/mol. The van der Waals surface area contributed by atoms with Gasteiger partial charge in [-0.2, -0.15) is 18.3 Å². The number of amides is 1. The fraction of sp³-hybridized carbons (Fsp3) is 0.350. The molecule has 8 nitrogen and oxygen atoms in total. The number of nitrogens with zero attached hydrogens (tertiary/aromatic N) is 5. The van der Waals surface area contributed by atoms with E-state index in [1.54, 1.807) is 13.1 Å². The van der Waals surface area contributed by atoms with Crippen molar-refractivity contribution in [1.29, 1.82) is 0 Å². The van der Waals surface area contributed by atoms with E-state index in [9.17, 15) is 18.0 Å². The summed E-state index contributed by atoms with van der Waals surface area (Å²) in [6.07, 6.45) is 0.517. The molecule has 2 N–H and O–H groups in total. The molecule has 3 aromatic rings. The summed E-state index contributed by atoms with van der Waals surface area (Å²) in [7, 11) is 0. The average Bonchev–Trinajstić information content (AvgIpc) is 3.15. The number of hydrogen-bond donors (Lipinski definition) is 2. The van der Waals surface area contributed by atoms with Gasteiger partial charge < -0.3 is 10.2 Å². The molecule has 3 aromatic heterocycles. The molecular weight excluding hydrogens is 411 g/mol. The minimum absolute atomic E-state index is 0.318. The highest BCUT2D eigenvalue weighted by Gasteiger charge is 2.33. The fourth-order valence-corrected chi connectivity index (χ4v) is 3.47. The normalized spacial score (nSPS) is 13.8. The smallest absolute Gasteiger partial charge is 0.364 e. The van der Waals surface area contributed by atoms with Gasteiger partial charge in [-0.05, 0) is 43.9 Å². The van der Waals surface area contributed by atoms with Crippen molar-refractivity contribution in [3.8, 4) is 0 Å². The molecule has 0 radical (unpaired) electrons. The van der Waals surface area contributed by atoms with E-state index in [0.717, 1.165) is 54.3 Å². The van der Waals surface area contributed by atoms with Gasteiger partial charge in [-0.25, -0.2) is 9.97 Å². The first-order chi connectivity index (χ1) is 14.7. The third kappa shape index (κ3) is 4.35. The molecule has 1 aliphatic rings. The van der Waals surface area contributed by atoms with E-state index in [2.05, 4.69) is 30.5 Å². The predicted molar refractivity (Wildman–Crippen MR) is 107 cm³/mol. The third-order valence-corrected chi connectivity index (χ3v) is 5.09. The van der Waals surface area contributed by atoms with Gasteiger partial charge in [-0.3, -0.25) is 14.9 Å². The zero-order chi connectivity index (χ0) is 22.2. The summed E-state index contributed by atoms with van der Waals surface area (Å²) in [4.78, 5) is 26.5. The first-order valence-corrected chi connectivity index (χ1v) is 9.67. The van der Waals surface area contributed by atoms with Crippen LogP contribution in [0.2, 0.25) is 0 Å². The van der Waals surface area contributed by atoms with Gasteiger partial charge in [-0.15, -0.1) is 0 Å². The van der Waals surface area contributed by atoms with Gasteiger partial charge in [-0.1, -0.05) is 0 Å². The topological polar surface area (TPSA) is 99.7 Å². The molecule has 0 bridgehead atoms. The van der Waals surface area contributed by atoms with Crippen LogP contribution in [0.3, 0.4) is 0 Å². The number of aryl methyl sites for hydroxylation is 3. The summed E-state index contributed by atoms with van der Waals surface area (Å²) in [6, 6.07) is 1.93. The second kappa shape index (κ2) is 7.97. The molecule has 0 saturated carbocycles. The molecule has 1 aliphatic heterocycles.